The molecule has 2 atom stereocenters. The molecule has 3 rings (SSSR count). The molecule has 0 aliphatic heterocycles. The Labute approximate surface area is 196 Å². The van der Waals surface area contributed by atoms with Crippen LogP contribution in [0, 0.1) is 0 Å². The summed E-state index contributed by atoms with van der Waals surface area (Å²) >= 11 is 0. The van der Waals surface area contributed by atoms with Gasteiger partial charge >= 0.3 is 11.9 Å². The van der Waals surface area contributed by atoms with Gasteiger partial charge in [0.1, 0.15) is 0 Å². The van der Waals surface area contributed by atoms with Gasteiger partial charge < -0.3 is 20.1 Å². The van der Waals surface area contributed by atoms with E-state index in [1.54, 1.807) is 72.8 Å². The smallest absolute Gasteiger partial charge is 0.333 e. The lowest BCUT2D eigenvalue weighted by Gasteiger charge is -2.19. The monoisotopic (exact) mass is 460 g/mol. The molecule has 0 aliphatic rings. The van der Waals surface area contributed by atoms with Gasteiger partial charge in [0.15, 0.2) is 12.1 Å². The van der Waals surface area contributed by atoms with E-state index in [0.29, 0.717) is 11.1 Å². The zero-order valence-electron chi connectivity index (χ0n) is 18.7. The highest BCUT2D eigenvalue weighted by Gasteiger charge is 2.28. The molecule has 2 amide bonds. The lowest BCUT2D eigenvalue weighted by Crippen LogP contribution is -2.38. The first-order chi connectivity index (χ1) is 16.5. The van der Waals surface area contributed by atoms with E-state index < -0.39 is 35.8 Å². The molecule has 8 nitrogen and oxygen atoms in total. The fourth-order valence-electron chi connectivity index (χ4n) is 3.38. The third-order valence-corrected chi connectivity index (χ3v) is 5.11. The summed E-state index contributed by atoms with van der Waals surface area (Å²) in [6.45, 7) is 0. The Morgan fingerprint density at radius 2 is 0.882 bits per heavy atom. The lowest BCUT2D eigenvalue weighted by atomic mass is 10.0. The first-order valence-electron chi connectivity index (χ1n) is 10.4. The molecule has 0 unspecified atom stereocenters. The number of hydrogen-bond donors (Lipinski definition) is 2. The van der Waals surface area contributed by atoms with Crippen LogP contribution in [0.4, 0.5) is 0 Å². The molecular formula is C26H24N2O6. The first kappa shape index (κ1) is 24.2. The van der Waals surface area contributed by atoms with Gasteiger partial charge in [0.25, 0.3) is 11.8 Å². The van der Waals surface area contributed by atoms with Crippen LogP contribution in [0.3, 0.4) is 0 Å². The van der Waals surface area contributed by atoms with E-state index in [9.17, 15) is 19.2 Å². The summed E-state index contributed by atoms with van der Waals surface area (Å²) in [7, 11) is 2.45. The van der Waals surface area contributed by atoms with Crippen molar-refractivity contribution >= 4 is 23.8 Å². The molecule has 8 heteroatoms. The highest BCUT2D eigenvalue weighted by molar-refractivity contribution is 6.08. The topological polar surface area (TPSA) is 111 Å². The van der Waals surface area contributed by atoms with E-state index in [2.05, 4.69) is 10.6 Å². The second-order valence-corrected chi connectivity index (χ2v) is 7.23. The van der Waals surface area contributed by atoms with Crippen molar-refractivity contribution in [3.63, 3.8) is 0 Å². The van der Waals surface area contributed by atoms with Crippen LogP contribution >= 0.6 is 0 Å². The fourth-order valence-corrected chi connectivity index (χ4v) is 3.38. The maximum absolute atomic E-state index is 13.1. The van der Waals surface area contributed by atoms with Gasteiger partial charge in [-0.3, -0.25) is 9.59 Å². The molecule has 3 aromatic rings. The molecule has 0 saturated carbocycles. The summed E-state index contributed by atoms with van der Waals surface area (Å²) in [5, 5.41) is 5.26. The van der Waals surface area contributed by atoms with Crippen molar-refractivity contribution in [2.24, 2.45) is 0 Å². The van der Waals surface area contributed by atoms with Crippen molar-refractivity contribution in [2.45, 2.75) is 12.1 Å². The van der Waals surface area contributed by atoms with Gasteiger partial charge in [0, 0.05) is 0 Å². The Balaban J connectivity index is 1.88. The molecule has 0 heterocycles. The minimum absolute atomic E-state index is 0.0292. The summed E-state index contributed by atoms with van der Waals surface area (Å²) in [5.41, 5.74) is 1.11. The maximum atomic E-state index is 13.1. The van der Waals surface area contributed by atoms with E-state index in [0.717, 1.165) is 0 Å². The van der Waals surface area contributed by atoms with Gasteiger partial charge in [0.2, 0.25) is 0 Å². The van der Waals surface area contributed by atoms with Gasteiger partial charge in [0.05, 0.1) is 25.3 Å². The number of nitrogens with one attached hydrogen (secondary N) is 2. The number of hydrogen-bond acceptors (Lipinski definition) is 6. The van der Waals surface area contributed by atoms with Crippen LogP contribution in [-0.4, -0.2) is 38.0 Å². The van der Waals surface area contributed by atoms with E-state index in [-0.39, 0.29) is 11.1 Å². The Morgan fingerprint density at radius 3 is 1.21 bits per heavy atom. The lowest BCUT2D eigenvalue weighted by molar-refractivity contribution is -0.143. The zero-order valence-corrected chi connectivity index (χ0v) is 18.7. The van der Waals surface area contributed by atoms with Crippen molar-refractivity contribution in [3.8, 4) is 0 Å². The van der Waals surface area contributed by atoms with Crippen LogP contribution in [0.15, 0.2) is 84.9 Å². The van der Waals surface area contributed by atoms with E-state index in [1.165, 1.54) is 26.4 Å². The number of benzene rings is 3. The van der Waals surface area contributed by atoms with Crippen molar-refractivity contribution in [3.05, 3.63) is 107 Å². The number of esters is 2. The van der Waals surface area contributed by atoms with Gasteiger partial charge in [-0.25, -0.2) is 9.59 Å². The number of amides is 2. The molecule has 0 spiro atoms. The van der Waals surface area contributed by atoms with Crippen LogP contribution in [-0.2, 0) is 19.1 Å². The zero-order chi connectivity index (χ0) is 24.5. The Bertz CT molecular complexity index is 1070. The predicted molar refractivity (Wildman–Crippen MR) is 124 cm³/mol. The molecule has 34 heavy (non-hydrogen) atoms. The molecule has 0 aliphatic carbocycles. The van der Waals surface area contributed by atoms with Crippen LogP contribution in [0.2, 0.25) is 0 Å². The second-order valence-electron chi connectivity index (χ2n) is 7.23. The number of methoxy groups -OCH3 is 2. The minimum atomic E-state index is -1.07. The number of rotatable bonds is 8. The Morgan fingerprint density at radius 1 is 0.559 bits per heavy atom. The van der Waals surface area contributed by atoms with E-state index in [4.69, 9.17) is 9.47 Å². The number of carbonyl (C=O) groups excluding carboxylic acids is 4. The SMILES string of the molecule is COC(=O)[C@H](NC(=O)c1ccccc1C(=O)N[C@@H](C(=O)OC)c1ccccc1)c1ccccc1. The quantitative estimate of drug-likeness (QED) is 0.500. The summed E-state index contributed by atoms with van der Waals surface area (Å²) in [6.07, 6.45) is 0. The Hall–Kier alpha value is -4.46. The fraction of sp³-hybridized carbons (Fsp3) is 0.154. The number of carbonyl (C=O) groups is 4. The number of ether oxygens (including phenoxy) is 2. The van der Waals surface area contributed by atoms with Crippen molar-refractivity contribution < 1.29 is 28.7 Å². The average molecular weight is 460 g/mol. The summed E-state index contributed by atoms with van der Waals surface area (Å²) in [6, 6.07) is 21.2. The van der Waals surface area contributed by atoms with Crippen molar-refractivity contribution in [1.29, 1.82) is 0 Å². The molecule has 3 aromatic carbocycles. The highest BCUT2D eigenvalue weighted by atomic mass is 16.5. The second kappa shape index (κ2) is 11.4. The minimum Gasteiger partial charge on any atom is -0.467 e. The van der Waals surface area contributed by atoms with Crippen molar-refractivity contribution in [2.75, 3.05) is 14.2 Å². The highest BCUT2D eigenvalue weighted by Crippen LogP contribution is 2.19. The summed E-state index contributed by atoms with van der Waals surface area (Å²) < 4.78 is 9.67. The maximum Gasteiger partial charge on any atom is 0.333 e. The van der Waals surface area contributed by atoms with Crippen molar-refractivity contribution in [1.82, 2.24) is 10.6 Å². The molecule has 2 N–H and O–H groups in total. The van der Waals surface area contributed by atoms with Gasteiger partial charge in [-0.05, 0) is 23.3 Å². The van der Waals surface area contributed by atoms with Crippen LogP contribution < -0.4 is 10.6 Å². The molecule has 0 saturated heterocycles. The molecular weight excluding hydrogens is 436 g/mol. The predicted octanol–water partition coefficient (Wildman–Crippen LogP) is 2.97. The molecule has 0 radical (unpaired) electrons. The average Bonchev–Trinajstić information content (AvgIpc) is 2.90. The van der Waals surface area contributed by atoms with Crippen LogP contribution in [0.5, 0.6) is 0 Å². The van der Waals surface area contributed by atoms with Crippen LogP contribution in [0.25, 0.3) is 0 Å². The summed E-state index contributed by atoms with van der Waals surface area (Å²) in [4.78, 5) is 50.9. The van der Waals surface area contributed by atoms with E-state index in [1.807, 2.05) is 0 Å². The molecule has 0 fully saturated rings. The van der Waals surface area contributed by atoms with Gasteiger partial charge in [-0.1, -0.05) is 72.8 Å². The van der Waals surface area contributed by atoms with E-state index >= 15 is 0 Å². The van der Waals surface area contributed by atoms with Crippen LogP contribution in [0.1, 0.15) is 43.9 Å². The van der Waals surface area contributed by atoms with Gasteiger partial charge in [-0.15, -0.1) is 0 Å². The van der Waals surface area contributed by atoms with Gasteiger partial charge in [-0.2, -0.15) is 0 Å². The molecule has 0 aromatic heterocycles. The third kappa shape index (κ3) is 5.66. The largest absolute Gasteiger partial charge is 0.467 e. The third-order valence-electron chi connectivity index (χ3n) is 5.11. The Kier molecular flexibility index (Phi) is 8.12. The normalized spacial score (nSPS) is 12.1. The first-order valence-corrected chi connectivity index (χ1v) is 10.4. The standard InChI is InChI=1S/C26H24N2O6/c1-33-25(31)21(17-11-5-3-6-12-17)27-23(29)19-15-9-10-16-20(19)24(30)28-22(26(32)34-2)18-13-7-4-8-14-18/h3-16,21-22H,1-2H3,(H,27,29)(H,28,30)/t21-,22-/m1/s1. The summed E-state index contributed by atoms with van der Waals surface area (Å²) in [5.74, 6) is -2.62. The molecule has 174 valence electrons. The molecule has 0 bridgehead atoms.